The maximum absolute atomic E-state index is 11.6. The average molecular weight is 219 g/mol. The van der Waals surface area contributed by atoms with Crippen LogP contribution in [0.2, 0.25) is 0 Å². The summed E-state index contributed by atoms with van der Waals surface area (Å²) in [7, 11) is 0. The maximum atomic E-state index is 11.6. The highest BCUT2D eigenvalue weighted by molar-refractivity contribution is 6.13. The third-order valence-electron chi connectivity index (χ3n) is 1.89. The van der Waals surface area contributed by atoms with Crippen LogP contribution in [0.1, 0.15) is 6.92 Å². The number of rotatable bonds is 2. The first-order valence-electron chi connectivity index (χ1n) is 4.64. The van der Waals surface area contributed by atoms with Crippen LogP contribution in [0.15, 0.2) is 37.0 Å². The number of carbonyl (C=O) groups is 2. The molecule has 1 aromatic carbocycles. The first-order valence-corrected chi connectivity index (χ1v) is 4.64. The van der Waals surface area contributed by atoms with E-state index in [1.54, 1.807) is 24.3 Å². The Morgan fingerprint density at radius 2 is 1.94 bits per heavy atom. The number of imide groups is 1. The van der Waals surface area contributed by atoms with Gasteiger partial charge in [0.2, 0.25) is 5.91 Å². The number of amides is 3. The molecule has 0 aliphatic rings. The Kier molecular flexibility index (Phi) is 3.66. The minimum atomic E-state index is -0.549. The molecular formula is C11H13N3O2. The van der Waals surface area contributed by atoms with E-state index >= 15 is 0 Å². The fourth-order valence-electron chi connectivity index (χ4n) is 1.22. The van der Waals surface area contributed by atoms with Gasteiger partial charge in [-0.25, -0.2) is 9.69 Å². The molecule has 3 N–H and O–H groups in total. The molecule has 0 bridgehead atoms. The zero-order valence-corrected chi connectivity index (χ0v) is 8.93. The first kappa shape index (κ1) is 11.8. The molecule has 0 radical (unpaired) electrons. The summed E-state index contributed by atoms with van der Waals surface area (Å²) >= 11 is 0. The smallest absolute Gasteiger partial charge is 0.332 e. The van der Waals surface area contributed by atoms with Crippen molar-refractivity contribution in [2.45, 2.75) is 6.92 Å². The Hall–Kier alpha value is -2.30. The van der Waals surface area contributed by atoms with E-state index in [1.807, 2.05) is 0 Å². The van der Waals surface area contributed by atoms with E-state index in [0.717, 1.165) is 4.90 Å². The highest BCUT2D eigenvalue weighted by Crippen LogP contribution is 2.16. The molecule has 0 saturated heterocycles. The molecule has 0 fully saturated rings. The van der Waals surface area contributed by atoms with Gasteiger partial charge in [-0.3, -0.25) is 4.79 Å². The van der Waals surface area contributed by atoms with Gasteiger partial charge in [-0.05, 0) is 30.5 Å². The topological polar surface area (TPSA) is 75.4 Å². The van der Waals surface area contributed by atoms with Gasteiger partial charge in [0.15, 0.2) is 0 Å². The van der Waals surface area contributed by atoms with Gasteiger partial charge in [-0.2, -0.15) is 0 Å². The number of anilines is 2. The number of nitrogens with zero attached hydrogens (tertiary/aromatic N) is 1. The third-order valence-corrected chi connectivity index (χ3v) is 1.89. The summed E-state index contributed by atoms with van der Waals surface area (Å²) in [5, 5.41) is 2.34. The van der Waals surface area contributed by atoms with Gasteiger partial charge in [-0.15, -0.1) is 0 Å². The third kappa shape index (κ3) is 2.60. The number of hydrogen-bond acceptors (Lipinski definition) is 3. The van der Waals surface area contributed by atoms with Crippen molar-refractivity contribution in [1.82, 2.24) is 5.32 Å². The van der Waals surface area contributed by atoms with E-state index in [2.05, 4.69) is 11.9 Å². The van der Waals surface area contributed by atoms with Crippen molar-refractivity contribution in [3.05, 3.63) is 37.0 Å². The van der Waals surface area contributed by atoms with E-state index < -0.39 is 6.03 Å². The number of nitrogens with one attached hydrogen (secondary N) is 1. The van der Waals surface area contributed by atoms with Crippen LogP contribution in [0, 0.1) is 0 Å². The van der Waals surface area contributed by atoms with Crippen molar-refractivity contribution < 1.29 is 9.59 Å². The molecule has 5 heteroatoms. The summed E-state index contributed by atoms with van der Waals surface area (Å²) in [4.78, 5) is 23.9. The van der Waals surface area contributed by atoms with Gasteiger partial charge in [0.25, 0.3) is 0 Å². The molecule has 0 aliphatic carbocycles. The van der Waals surface area contributed by atoms with Crippen LogP contribution >= 0.6 is 0 Å². The number of benzene rings is 1. The van der Waals surface area contributed by atoms with Crippen LogP contribution in [0.3, 0.4) is 0 Å². The van der Waals surface area contributed by atoms with E-state index in [-0.39, 0.29) is 5.91 Å². The lowest BCUT2D eigenvalue weighted by atomic mass is 10.2. The molecule has 0 unspecified atom stereocenters. The van der Waals surface area contributed by atoms with Crippen LogP contribution in [-0.2, 0) is 4.79 Å². The van der Waals surface area contributed by atoms with E-state index in [9.17, 15) is 9.59 Å². The minimum absolute atomic E-state index is 0.385. The summed E-state index contributed by atoms with van der Waals surface area (Å²) in [6, 6.07) is 5.88. The molecular weight excluding hydrogens is 206 g/mol. The molecule has 0 atom stereocenters. The second kappa shape index (κ2) is 4.97. The van der Waals surface area contributed by atoms with Crippen molar-refractivity contribution >= 4 is 23.3 Å². The number of urea groups is 1. The molecule has 0 saturated carbocycles. The van der Waals surface area contributed by atoms with Crippen LogP contribution in [0.5, 0.6) is 0 Å². The lowest BCUT2D eigenvalue weighted by Crippen LogP contribution is -2.40. The molecule has 0 heterocycles. The maximum Gasteiger partial charge on any atom is 0.332 e. The molecule has 1 aromatic rings. The second-order valence-corrected chi connectivity index (χ2v) is 3.10. The monoisotopic (exact) mass is 219 g/mol. The highest BCUT2D eigenvalue weighted by atomic mass is 16.2. The number of carbonyl (C=O) groups excluding carboxylic acids is 2. The van der Waals surface area contributed by atoms with E-state index in [1.165, 1.54) is 13.1 Å². The van der Waals surface area contributed by atoms with Crippen LogP contribution < -0.4 is 16.0 Å². The standard InChI is InChI=1S/C11H13N3O2/c1-3-13-11(16)14(8(2)15)10-6-4-9(12)5-7-10/h3-7H,1,12H2,2H3,(H,13,16). The lowest BCUT2D eigenvalue weighted by Gasteiger charge is -2.18. The largest absolute Gasteiger partial charge is 0.399 e. The summed E-state index contributed by atoms with van der Waals surface area (Å²) < 4.78 is 0. The Morgan fingerprint density at radius 3 is 2.38 bits per heavy atom. The van der Waals surface area contributed by atoms with E-state index in [0.29, 0.717) is 11.4 Å². The molecule has 0 aromatic heterocycles. The van der Waals surface area contributed by atoms with Crippen LogP contribution in [-0.4, -0.2) is 11.9 Å². The zero-order chi connectivity index (χ0) is 12.1. The lowest BCUT2D eigenvalue weighted by molar-refractivity contribution is -0.115. The summed E-state index contributed by atoms with van der Waals surface area (Å²) in [5.74, 6) is -0.385. The number of nitrogen functional groups attached to an aromatic ring is 1. The molecule has 5 nitrogen and oxygen atoms in total. The average Bonchev–Trinajstić information content (AvgIpc) is 2.21. The van der Waals surface area contributed by atoms with Crippen molar-refractivity contribution in [2.24, 2.45) is 0 Å². The first-order chi connectivity index (χ1) is 7.56. The van der Waals surface area contributed by atoms with Gasteiger partial charge < -0.3 is 11.1 Å². The zero-order valence-electron chi connectivity index (χ0n) is 8.93. The quantitative estimate of drug-likeness (QED) is 0.739. The Morgan fingerprint density at radius 1 is 1.38 bits per heavy atom. The second-order valence-electron chi connectivity index (χ2n) is 3.10. The molecule has 0 spiro atoms. The van der Waals surface area contributed by atoms with Gasteiger partial charge in [0, 0.05) is 12.6 Å². The predicted octanol–water partition coefficient (Wildman–Crippen LogP) is 1.47. The summed E-state index contributed by atoms with van der Waals surface area (Å²) in [6.45, 7) is 4.66. The molecule has 1 rings (SSSR count). The molecule has 16 heavy (non-hydrogen) atoms. The van der Waals surface area contributed by atoms with Crippen molar-refractivity contribution in [3.8, 4) is 0 Å². The van der Waals surface area contributed by atoms with Gasteiger partial charge in [0.1, 0.15) is 0 Å². The fraction of sp³-hybridized carbons (Fsp3) is 0.0909. The highest BCUT2D eigenvalue weighted by Gasteiger charge is 2.18. The van der Waals surface area contributed by atoms with E-state index in [4.69, 9.17) is 5.73 Å². The van der Waals surface area contributed by atoms with Crippen LogP contribution in [0.25, 0.3) is 0 Å². The summed E-state index contributed by atoms with van der Waals surface area (Å²) in [6.07, 6.45) is 1.22. The van der Waals surface area contributed by atoms with Crippen molar-refractivity contribution in [1.29, 1.82) is 0 Å². The van der Waals surface area contributed by atoms with Gasteiger partial charge >= 0.3 is 6.03 Å². The van der Waals surface area contributed by atoms with Gasteiger partial charge in [-0.1, -0.05) is 6.58 Å². The van der Waals surface area contributed by atoms with Crippen molar-refractivity contribution in [3.63, 3.8) is 0 Å². The summed E-state index contributed by atoms with van der Waals surface area (Å²) in [5.41, 5.74) is 6.54. The Balaban J connectivity index is 3.02. The molecule has 84 valence electrons. The number of nitrogens with two attached hydrogens (primary N) is 1. The number of hydrogen-bond donors (Lipinski definition) is 2. The van der Waals surface area contributed by atoms with Gasteiger partial charge in [0.05, 0.1) is 5.69 Å². The van der Waals surface area contributed by atoms with Crippen LogP contribution in [0.4, 0.5) is 16.2 Å². The van der Waals surface area contributed by atoms with Crippen molar-refractivity contribution in [2.75, 3.05) is 10.6 Å². The fourth-order valence-corrected chi connectivity index (χ4v) is 1.22. The predicted molar refractivity (Wildman–Crippen MR) is 62.7 cm³/mol. The molecule has 3 amide bonds. The Bertz CT molecular complexity index is 412. The minimum Gasteiger partial charge on any atom is -0.399 e. The Labute approximate surface area is 93.5 Å². The SMILES string of the molecule is C=CNC(=O)N(C(C)=O)c1ccc(N)cc1. The molecule has 0 aliphatic heterocycles. The normalized spacial score (nSPS) is 9.31.